The zero-order valence-electron chi connectivity index (χ0n) is 15.9. The second-order valence-corrected chi connectivity index (χ2v) is 7.94. The topological polar surface area (TPSA) is 84.9 Å². The molecule has 146 valence electrons. The van der Waals surface area contributed by atoms with Crippen molar-refractivity contribution in [2.45, 2.75) is 13.5 Å². The Balaban J connectivity index is 2.20. The predicted octanol–water partition coefficient (Wildman–Crippen LogP) is 2.09. The molecular formula is C19H24N2O5S. The van der Waals surface area contributed by atoms with Crippen molar-refractivity contribution in [3.05, 3.63) is 53.6 Å². The summed E-state index contributed by atoms with van der Waals surface area (Å²) in [6.45, 7) is 1.71. The molecule has 0 heterocycles. The molecule has 0 radical (unpaired) electrons. The van der Waals surface area contributed by atoms with Crippen LogP contribution < -0.4 is 19.1 Å². The molecule has 27 heavy (non-hydrogen) atoms. The van der Waals surface area contributed by atoms with E-state index in [1.54, 1.807) is 25.3 Å². The van der Waals surface area contributed by atoms with Gasteiger partial charge < -0.3 is 14.8 Å². The lowest BCUT2D eigenvalue weighted by atomic mass is 10.2. The molecular weight excluding hydrogens is 368 g/mol. The molecule has 1 amide bonds. The maximum Gasteiger partial charge on any atom is 0.241 e. The molecule has 2 aromatic rings. The third-order valence-electron chi connectivity index (χ3n) is 3.96. The van der Waals surface area contributed by atoms with Gasteiger partial charge in [-0.05, 0) is 30.7 Å². The summed E-state index contributed by atoms with van der Waals surface area (Å²) in [5.74, 6) is 0.594. The van der Waals surface area contributed by atoms with Gasteiger partial charge >= 0.3 is 0 Å². The van der Waals surface area contributed by atoms with Crippen LogP contribution in [0.4, 0.5) is 5.69 Å². The first-order valence-electron chi connectivity index (χ1n) is 8.27. The predicted molar refractivity (Wildman–Crippen MR) is 105 cm³/mol. The van der Waals surface area contributed by atoms with Crippen molar-refractivity contribution in [3.8, 4) is 11.5 Å². The van der Waals surface area contributed by atoms with Crippen LogP contribution in [0, 0.1) is 6.92 Å². The molecule has 0 saturated carbocycles. The standard InChI is InChI=1S/C19H24N2O5S/c1-14-9-10-18(26-3)16(11-14)21(27(4,23)24)13-19(22)20-12-15-7-5-6-8-17(15)25-2/h5-11H,12-13H2,1-4H3,(H,20,22). The number of para-hydroxylation sites is 1. The van der Waals surface area contributed by atoms with Crippen LogP contribution >= 0.6 is 0 Å². The van der Waals surface area contributed by atoms with E-state index in [2.05, 4.69) is 5.32 Å². The Kier molecular flexibility index (Phi) is 6.68. The number of methoxy groups -OCH3 is 2. The third kappa shape index (κ3) is 5.37. The SMILES string of the molecule is COc1ccccc1CNC(=O)CN(c1cc(C)ccc1OC)S(C)(=O)=O. The summed E-state index contributed by atoms with van der Waals surface area (Å²) >= 11 is 0. The zero-order valence-corrected chi connectivity index (χ0v) is 16.7. The van der Waals surface area contributed by atoms with Crippen LogP contribution in [-0.4, -0.2) is 41.3 Å². The lowest BCUT2D eigenvalue weighted by Crippen LogP contribution is -2.40. The van der Waals surface area contributed by atoms with E-state index in [0.29, 0.717) is 17.2 Å². The number of amides is 1. The highest BCUT2D eigenvalue weighted by Gasteiger charge is 2.24. The van der Waals surface area contributed by atoms with E-state index in [1.165, 1.54) is 7.11 Å². The van der Waals surface area contributed by atoms with Crippen molar-refractivity contribution in [1.29, 1.82) is 0 Å². The van der Waals surface area contributed by atoms with E-state index in [9.17, 15) is 13.2 Å². The van der Waals surface area contributed by atoms with Gasteiger partial charge in [-0.2, -0.15) is 0 Å². The molecule has 0 unspecified atom stereocenters. The highest BCUT2D eigenvalue weighted by atomic mass is 32.2. The molecule has 0 aromatic heterocycles. The van der Waals surface area contributed by atoms with Crippen LogP contribution in [0.3, 0.4) is 0 Å². The normalized spacial score (nSPS) is 11.0. The number of aryl methyl sites for hydroxylation is 1. The number of benzene rings is 2. The minimum atomic E-state index is -3.69. The zero-order chi connectivity index (χ0) is 20.0. The Hall–Kier alpha value is -2.74. The average Bonchev–Trinajstić information content (AvgIpc) is 2.63. The molecule has 7 nitrogen and oxygen atoms in total. The highest BCUT2D eigenvalue weighted by molar-refractivity contribution is 7.92. The van der Waals surface area contributed by atoms with E-state index in [-0.39, 0.29) is 13.1 Å². The maximum absolute atomic E-state index is 12.4. The largest absolute Gasteiger partial charge is 0.496 e. The lowest BCUT2D eigenvalue weighted by molar-refractivity contribution is -0.119. The number of nitrogens with one attached hydrogen (secondary N) is 1. The Labute approximate surface area is 160 Å². The van der Waals surface area contributed by atoms with Crippen molar-refractivity contribution < 1.29 is 22.7 Å². The fraction of sp³-hybridized carbons (Fsp3) is 0.316. The van der Waals surface area contributed by atoms with Gasteiger partial charge in [-0.1, -0.05) is 24.3 Å². The van der Waals surface area contributed by atoms with Gasteiger partial charge in [-0.25, -0.2) is 8.42 Å². The minimum absolute atomic E-state index is 0.228. The number of carbonyl (C=O) groups excluding carboxylic acids is 1. The first-order valence-corrected chi connectivity index (χ1v) is 10.1. The number of ether oxygens (including phenoxy) is 2. The lowest BCUT2D eigenvalue weighted by Gasteiger charge is -2.24. The van der Waals surface area contributed by atoms with Crippen LogP contribution in [-0.2, 0) is 21.4 Å². The summed E-state index contributed by atoms with van der Waals surface area (Å²) in [6, 6.07) is 12.5. The second-order valence-electron chi connectivity index (χ2n) is 6.03. The van der Waals surface area contributed by atoms with E-state index in [4.69, 9.17) is 9.47 Å². The molecule has 0 atom stereocenters. The molecule has 8 heteroatoms. The van der Waals surface area contributed by atoms with E-state index in [1.807, 2.05) is 31.2 Å². The van der Waals surface area contributed by atoms with E-state index in [0.717, 1.165) is 21.7 Å². The molecule has 0 fully saturated rings. The van der Waals surface area contributed by atoms with Gasteiger partial charge in [0.25, 0.3) is 0 Å². The van der Waals surface area contributed by atoms with Crippen LogP contribution in [0.5, 0.6) is 11.5 Å². The van der Waals surface area contributed by atoms with Crippen molar-refractivity contribution in [3.63, 3.8) is 0 Å². The molecule has 0 aliphatic rings. The van der Waals surface area contributed by atoms with Gasteiger partial charge in [0, 0.05) is 12.1 Å². The number of anilines is 1. The number of hydrogen-bond donors (Lipinski definition) is 1. The quantitative estimate of drug-likeness (QED) is 0.744. The average molecular weight is 392 g/mol. The highest BCUT2D eigenvalue weighted by Crippen LogP contribution is 2.30. The molecule has 2 aromatic carbocycles. The van der Waals surface area contributed by atoms with Crippen LogP contribution in [0.15, 0.2) is 42.5 Å². The summed E-state index contributed by atoms with van der Waals surface area (Å²) < 4.78 is 36.1. The Morgan fingerprint density at radius 2 is 1.74 bits per heavy atom. The third-order valence-corrected chi connectivity index (χ3v) is 5.09. The van der Waals surface area contributed by atoms with Gasteiger partial charge in [0.1, 0.15) is 18.0 Å². The summed E-state index contributed by atoms with van der Waals surface area (Å²) in [4.78, 5) is 12.4. The van der Waals surface area contributed by atoms with Crippen molar-refractivity contribution in [2.24, 2.45) is 0 Å². The number of sulfonamides is 1. The Morgan fingerprint density at radius 3 is 2.37 bits per heavy atom. The Morgan fingerprint density at radius 1 is 1.07 bits per heavy atom. The van der Waals surface area contributed by atoms with Crippen LogP contribution in [0.1, 0.15) is 11.1 Å². The molecule has 2 rings (SSSR count). The fourth-order valence-corrected chi connectivity index (χ4v) is 3.46. The molecule has 0 aliphatic carbocycles. The van der Waals surface area contributed by atoms with Crippen molar-refractivity contribution in [2.75, 3.05) is 31.3 Å². The number of rotatable bonds is 8. The van der Waals surface area contributed by atoms with Gasteiger partial charge in [-0.3, -0.25) is 9.10 Å². The smallest absolute Gasteiger partial charge is 0.241 e. The first-order chi connectivity index (χ1) is 12.8. The minimum Gasteiger partial charge on any atom is -0.496 e. The maximum atomic E-state index is 12.4. The van der Waals surface area contributed by atoms with Crippen LogP contribution in [0.25, 0.3) is 0 Å². The summed E-state index contributed by atoms with van der Waals surface area (Å²) in [7, 11) is -0.684. The van der Waals surface area contributed by atoms with Gasteiger partial charge in [0.2, 0.25) is 15.9 Å². The van der Waals surface area contributed by atoms with E-state index >= 15 is 0 Å². The number of nitrogens with zero attached hydrogens (tertiary/aromatic N) is 1. The molecule has 0 bridgehead atoms. The van der Waals surface area contributed by atoms with Gasteiger partial charge in [-0.15, -0.1) is 0 Å². The Bertz CT molecular complexity index is 912. The van der Waals surface area contributed by atoms with Crippen molar-refractivity contribution in [1.82, 2.24) is 5.32 Å². The molecule has 0 aliphatic heterocycles. The summed E-state index contributed by atoms with van der Waals surface area (Å²) in [5, 5.41) is 2.73. The molecule has 0 spiro atoms. The van der Waals surface area contributed by atoms with Gasteiger partial charge in [0.05, 0.1) is 26.2 Å². The molecule has 1 N–H and O–H groups in total. The summed E-state index contributed by atoms with van der Waals surface area (Å²) in [5.41, 5.74) is 1.98. The number of carbonyl (C=O) groups is 1. The number of hydrogen-bond acceptors (Lipinski definition) is 5. The monoisotopic (exact) mass is 392 g/mol. The second kappa shape index (κ2) is 8.77. The van der Waals surface area contributed by atoms with Gasteiger partial charge in [0.15, 0.2) is 0 Å². The van der Waals surface area contributed by atoms with Crippen molar-refractivity contribution >= 4 is 21.6 Å². The van der Waals surface area contributed by atoms with Crippen LogP contribution in [0.2, 0.25) is 0 Å². The summed E-state index contributed by atoms with van der Waals surface area (Å²) in [6.07, 6.45) is 1.06. The molecule has 0 saturated heterocycles. The first kappa shape index (κ1) is 20.6. The van der Waals surface area contributed by atoms with E-state index < -0.39 is 15.9 Å². The fourth-order valence-electron chi connectivity index (χ4n) is 2.61.